The molecule has 0 saturated carbocycles. The van der Waals surface area contributed by atoms with E-state index in [9.17, 15) is 9.59 Å². The summed E-state index contributed by atoms with van der Waals surface area (Å²) in [7, 11) is 1.31. The highest BCUT2D eigenvalue weighted by Gasteiger charge is 2.16. The Kier molecular flexibility index (Phi) is 4.83. The molecule has 2 amide bonds. The van der Waals surface area contributed by atoms with Crippen LogP contribution in [0.3, 0.4) is 0 Å². The van der Waals surface area contributed by atoms with Gasteiger partial charge in [0.05, 0.1) is 13.0 Å². The second-order valence-corrected chi connectivity index (χ2v) is 2.37. The van der Waals surface area contributed by atoms with Crippen LogP contribution in [-0.2, 0) is 9.53 Å². The maximum Gasteiger partial charge on any atom is 0.312 e. The predicted octanol–water partition coefficient (Wildman–Crippen LogP) is -0.146. The van der Waals surface area contributed by atoms with Crippen molar-refractivity contribution in [3.05, 3.63) is 0 Å². The van der Waals surface area contributed by atoms with Crippen LogP contribution in [0.4, 0.5) is 4.79 Å². The molecule has 0 saturated heterocycles. The Morgan fingerprint density at radius 3 is 2.50 bits per heavy atom. The number of rotatable bonds is 4. The van der Waals surface area contributed by atoms with Gasteiger partial charge in [0.25, 0.3) is 0 Å². The third-order valence-electron chi connectivity index (χ3n) is 1.55. The van der Waals surface area contributed by atoms with E-state index in [1.54, 1.807) is 0 Å². The number of methoxy groups -OCH3 is 1. The fraction of sp³-hybridized carbons (Fsp3) is 0.714. The molecule has 0 spiro atoms. The Bertz CT molecular complexity index is 170. The van der Waals surface area contributed by atoms with E-state index in [2.05, 4.69) is 10.1 Å². The van der Waals surface area contributed by atoms with Gasteiger partial charge in [0.1, 0.15) is 0 Å². The van der Waals surface area contributed by atoms with Crippen LogP contribution in [-0.4, -0.2) is 25.7 Å². The number of urea groups is 1. The lowest BCUT2D eigenvalue weighted by Gasteiger charge is -2.11. The number of ether oxygens (including phenoxy) is 1. The predicted molar refractivity (Wildman–Crippen MR) is 43.4 cm³/mol. The molecule has 0 aromatic rings. The van der Waals surface area contributed by atoms with E-state index in [1.807, 2.05) is 6.92 Å². The highest BCUT2D eigenvalue weighted by Crippen LogP contribution is 2.02. The quantitative estimate of drug-likeness (QED) is 0.582. The molecule has 0 bridgehead atoms. The van der Waals surface area contributed by atoms with Gasteiger partial charge in [-0.3, -0.25) is 4.79 Å². The third-order valence-corrected chi connectivity index (χ3v) is 1.55. The number of amides is 2. The van der Waals surface area contributed by atoms with Crippen molar-refractivity contribution in [3.63, 3.8) is 0 Å². The number of nitrogens with two attached hydrogens (primary N) is 1. The van der Waals surface area contributed by atoms with E-state index >= 15 is 0 Å². The summed E-state index contributed by atoms with van der Waals surface area (Å²) in [6.07, 6.45) is 0.618. The zero-order valence-electron chi connectivity index (χ0n) is 7.29. The lowest BCUT2D eigenvalue weighted by atomic mass is 10.1. The molecule has 5 nitrogen and oxygen atoms in total. The number of esters is 1. The summed E-state index contributed by atoms with van der Waals surface area (Å²) in [5.41, 5.74) is 4.83. The Balaban J connectivity index is 3.83. The summed E-state index contributed by atoms with van der Waals surface area (Å²) in [5.74, 6) is -0.631. The van der Waals surface area contributed by atoms with E-state index in [1.165, 1.54) is 7.11 Å². The SMILES string of the molecule is CC[C@@H](CNC(N)=O)C(=O)OC. The van der Waals surface area contributed by atoms with E-state index in [4.69, 9.17) is 5.73 Å². The molecule has 0 aromatic carbocycles. The molecule has 0 aromatic heterocycles. The molecule has 0 radical (unpaired) electrons. The van der Waals surface area contributed by atoms with Gasteiger partial charge in [-0.05, 0) is 6.42 Å². The van der Waals surface area contributed by atoms with Crippen LogP contribution in [0.1, 0.15) is 13.3 Å². The van der Waals surface area contributed by atoms with E-state index in [0.717, 1.165) is 0 Å². The van der Waals surface area contributed by atoms with Crippen LogP contribution in [0.15, 0.2) is 0 Å². The Hall–Kier alpha value is -1.26. The number of primary amides is 1. The van der Waals surface area contributed by atoms with Crippen molar-refractivity contribution < 1.29 is 14.3 Å². The largest absolute Gasteiger partial charge is 0.469 e. The summed E-state index contributed by atoms with van der Waals surface area (Å²) in [6.45, 7) is 2.07. The first-order chi connectivity index (χ1) is 5.61. The van der Waals surface area contributed by atoms with Gasteiger partial charge in [-0.15, -0.1) is 0 Å². The molecule has 12 heavy (non-hydrogen) atoms. The smallest absolute Gasteiger partial charge is 0.312 e. The number of nitrogens with one attached hydrogen (secondary N) is 1. The van der Waals surface area contributed by atoms with Gasteiger partial charge in [0.15, 0.2) is 0 Å². The van der Waals surface area contributed by atoms with Crippen molar-refractivity contribution in [2.24, 2.45) is 11.7 Å². The fourth-order valence-corrected chi connectivity index (χ4v) is 0.785. The molecular formula is C7H14N2O3. The maximum absolute atomic E-state index is 10.9. The summed E-state index contributed by atoms with van der Waals surface area (Å²) < 4.78 is 4.50. The first-order valence-electron chi connectivity index (χ1n) is 3.73. The first-order valence-corrected chi connectivity index (χ1v) is 3.73. The van der Waals surface area contributed by atoms with Crippen LogP contribution in [0, 0.1) is 5.92 Å². The Labute approximate surface area is 71.3 Å². The van der Waals surface area contributed by atoms with Gasteiger partial charge in [0.2, 0.25) is 0 Å². The molecule has 0 fully saturated rings. The van der Waals surface area contributed by atoms with Crippen LogP contribution in [0.2, 0.25) is 0 Å². The molecule has 0 unspecified atom stereocenters. The van der Waals surface area contributed by atoms with Gasteiger partial charge < -0.3 is 15.8 Å². The standard InChI is InChI=1S/C7H14N2O3/c1-3-5(6(10)12-2)4-9-7(8)11/h5H,3-4H2,1-2H3,(H3,8,9,11)/t5-/m0/s1. The van der Waals surface area contributed by atoms with Gasteiger partial charge >= 0.3 is 12.0 Å². The average Bonchev–Trinajstić information content (AvgIpc) is 2.04. The van der Waals surface area contributed by atoms with Crippen molar-refractivity contribution in [2.45, 2.75) is 13.3 Å². The van der Waals surface area contributed by atoms with E-state index < -0.39 is 6.03 Å². The zero-order valence-corrected chi connectivity index (χ0v) is 7.29. The highest BCUT2D eigenvalue weighted by atomic mass is 16.5. The van der Waals surface area contributed by atoms with Crippen molar-refractivity contribution in [2.75, 3.05) is 13.7 Å². The molecule has 3 N–H and O–H groups in total. The van der Waals surface area contributed by atoms with Gasteiger partial charge in [0, 0.05) is 6.54 Å². The van der Waals surface area contributed by atoms with Crippen LogP contribution in [0.5, 0.6) is 0 Å². The maximum atomic E-state index is 10.9. The second kappa shape index (κ2) is 5.40. The van der Waals surface area contributed by atoms with Gasteiger partial charge in [-0.25, -0.2) is 4.79 Å². The molecular weight excluding hydrogens is 160 g/mol. The van der Waals surface area contributed by atoms with Gasteiger partial charge in [-0.1, -0.05) is 6.92 Å². The third kappa shape index (κ3) is 3.80. The number of carbonyl (C=O) groups excluding carboxylic acids is 2. The minimum absolute atomic E-state index is 0.235. The molecule has 0 aliphatic heterocycles. The fourth-order valence-electron chi connectivity index (χ4n) is 0.785. The minimum atomic E-state index is -0.627. The molecule has 70 valence electrons. The van der Waals surface area contributed by atoms with Crippen molar-refractivity contribution in [3.8, 4) is 0 Å². The van der Waals surface area contributed by atoms with Crippen molar-refractivity contribution in [1.82, 2.24) is 5.32 Å². The normalized spacial score (nSPS) is 11.8. The van der Waals surface area contributed by atoms with Crippen molar-refractivity contribution >= 4 is 12.0 Å². The Morgan fingerprint density at radius 1 is 1.58 bits per heavy atom. The lowest BCUT2D eigenvalue weighted by Crippen LogP contribution is -2.36. The van der Waals surface area contributed by atoms with Crippen LogP contribution in [0.25, 0.3) is 0 Å². The average molecular weight is 174 g/mol. The molecule has 0 aliphatic carbocycles. The molecule has 0 aliphatic rings. The molecule has 0 heterocycles. The topological polar surface area (TPSA) is 81.4 Å². The number of hydrogen-bond donors (Lipinski definition) is 2. The molecule has 0 rings (SSSR count). The minimum Gasteiger partial charge on any atom is -0.469 e. The summed E-state index contributed by atoms with van der Waals surface area (Å²) in [5, 5.41) is 2.35. The molecule has 1 atom stereocenters. The number of carbonyl (C=O) groups is 2. The second-order valence-electron chi connectivity index (χ2n) is 2.37. The lowest BCUT2D eigenvalue weighted by molar-refractivity contribution is -0.145. The van der Waals surface area contributed by atoms with Gasteiger partial charge in [-0.2, -0.15) is 0 Å². The van der Waals surface area contributed by atoms with E-state index in [0.29, 0.717) is 6.42 Å². The highest BCUT2D eigenvalue weighted by molar-refractivity contribution is 5.75. The van der Waals surface area contributed by atoms with E-state index in [-0.39, 0.29) is 18.4 Å². The summed E-state index contributed by atoms with van der Waals surface area (Å²) in [4.78, 5) is 21.2. The molecule has 5 heteroatoms. The number of hydrogen-bond acceptors (Lipinski definition) is 3. The summed E-state index contributed by atoms with van der Waals surface area (Å²) in [6, 6.07) is -0.627. The summed E-state index contributed by atoms with van der Waals surface area (Å²) >= 11 is 0. The van der Waals surface area contributed by atoms with Crippen LogP contribution >= 0.6 is 0 Å². The van der Waals surface area contributed by atoms with Crippen LogP contribution < -0.4 is 11.1 Å². The Morgan fingerprint density at radius 2 is 2.17 bits per heavy atom. The zero-order chi connectivity index (χ0) is 9.56. The van der Waals surface area contributed by atoms with Crippen molar-refractivity contribution in [1.29, 1.82) is 0 Å². The monoisotopic (exact) mass is 174 g/mol. The first kappa shape index (κ1) is 10.7.